The van der Waals surface area contributed by atoms with E-state index in [0.29, 0.717) is 22.3 Å². The normalized spacial score (nSPS) is 19.8. The van der Waals surface area contributed by atoms with Gasteiger partial charge in [-0.25, -0.2) is 0 Å². The lowest BCUT2D eigenvalue weighted by Gasteiger charge is -2.10. The average molecular weight is 260 g/mol. The molecule has 1 aromatic rings. The Bertz CT molecular complexity index is 383. The molecule has 0 bridgehead atoms. The minimum Gasteiger partial charge on any atom is -0.368 e. The molecule has 1 aliphatic rings. The largest absolute Gasteiger partial charge is 0.368 e. The zero-order valence-electron chi connectivity index (χ0n) is 8.50. The van der Waals surface area contributed by atoms with Crippen molar-refractivity contribution in [2.45, 2.75) is 18.9 Å². The molecule has 0 spiro atoms. The van der Waals surface area contributed by atoms with Crippen LogP contribution >= 0.6 is 23.2 Å². The summed E-state index contributed by atoms with van der Waals surface area (Å²) in [5.41, 5.74) is 0.595. The number of hydrogen-bond donors (Lipinski definition) is 1. The Morgan fingerprint density at radius 2 is 2.00 bits per heavy atom. The predicted octanol–water partition coefficient (Wildman–Crippen LogP) is 3.11. The summed E-state index contributed by atoms with van der Waals surface area (Å²) in [6.45, 7) is 0.647. The summed E-state index contributed by atoms with van der Waals surface area (Å²) in [5.74, 6) is -0.143. The van der Waals surface area contributed by atoms with Gasteiger partial charge in [0.15, 0.2) is 0 Å². The quantitative estimate of drug-likeness (QED) is 0.887. The lowest BCUT2D eigenvalue weighted by atomic mass is 10.2. The van der Waals surface area contributed by atoms with Crippen molar-refractivity contribution in [2.75, 3.05) is 11.9 Å². The molecule has 86 valence electrons. The average Bonchev–Trinajstić information content (AvgIpc) is 2.68. The van der Waals surface area contributed by atoms with Gasteiger partial charge in [-0.3, -0.25) is 4.79 Å². The Hall–Kier alpha value is -0.770. The van der Waals surface area contributed by atoms with E-state index in [2.05, 4.69) is 5.32 Å². The van der Waals surface area contributed by atoms with Gasteiger partial charge in [0.05, 0.1) is 0 Å². The number of hydrogen-bond acceptors (Lipinski definition) is 2. The van der Waals surface area contributed by atoms with E-state index in [1.807, 2.05) is 0 Å². The fourth-order valence-electron chi connectivity index (χ4n) is 1.63. The fourth-order valence-corrected chi connectivity index (χ4v) is 2.16. The van der Waals surface area contributed by atoms with Crippen LogP contribution in [0.3, 0.4) is 0 Å². The highest BCUT2D eigenvalue weighted by atomic mass is 35.5. The molecule has 1 amide bonds. The third-order valence-electron chi connectivity index (χ3n) is 2.35. The van der Waals surface area contributed by atoms with E-state index in [4.69, 9.17) is 27.9 Å². The highest BCUT2D eigenvalue weighted by Gasteiger charge is 2.23. The Kier molecular flexibility index (Phi) is 3.69. The smallest absolute Gasteiger partial charge is 0.253 e. The van der Waals surface area contributed by atoms with Gasteiger partial charge in [0.25, 0.3) is 5.91 Å². The minimum absolute atomic E-state index is 0.143. The summed E-state index contributed by atoms with van der Waals surface area (Å²) in [7, 11) is 0. The van der Waals surface area contributed by atoms with Crippen LogP contribution in [0.2, 0.25) is 10.0 Å². The fraction of sp³-hybridized carbons (Fsp3) is 0.364. The summed E-state index contributed by atoms with van der Waals surface area (Å²) in [6, 6.07) is 4.92. The molecule has 0 aromatic heterocycles. The second-order valence-corrected chi connectivity index (χ2v) is 4.52. The zero-order valence-corrected chi connectivity index (χ0v) is 10.0. The Morgan fingerprint density at radius 3 is 2.56 bits per heavy atom. The monoisotopic (exact) mass is 259 g/mol. The molecule has 1 saturated heterocycles. The summed E-state index contributed by atoms with van der Waals surface area (Å²) in [5, 5.41) is 3.72. The molecule has 1 aliphatic heterocycles. The van der Waals surface area contributed by atoms with E-state index in [9.17, 15) is 4.79 Å². The Labute approximate surface area is 104 Å². The van der Waals surface area contributed by atoms with Crippen LogP contribution in [0.15, 0.2) is 18.2 Å². The van der Waals surface area contributed by atoms with Crippen LogP contribution in [-0.4, -0.2) is 18.6 Å². The van der Waals surface area contributed by atoms with Crippen molar-refractivity contribution in [2.24, 2.45) is 0 Å². The van der Waals surface area contributed by atoms with Gasteiger partial charge in [-0.2, -0.15) is 0 Å². The van der Waals surface area contributed by atoms with Crippen LogP contribution < -0.4 is 5.32 Å². The standard InChI is InChI=1S/C11H11Cl2NO2/c12-7-4-8(13)6-9(5-7)14-11(15)10-2-1-3-16-10/h4-6,10H,1-3H2,(H,14,15)/t10-/m0/s1. The minimum atomic E-state index is -0.349. The molecule has 16 heavy (non-hydrogen) atoms. The number of amides is 1. The predicted molar refractivity (Wildman–Crippen MR) is 64.1 cm³/mol. The Balaban J connectivity index is 2.05. The topological polar surface area (TPSA) is 38.3 Å². The van der Waals surface area contributed by atoms with Gasteiger partial charge in [-0.05, 0) is 31.0 Å². The summed E-state index contributed by atoms with van der Waals surface area (Å²) < 4.78 is 5.27. The third-order valence-corrected chi connectivity index (χ3v) is 2.79. The molecular formula is C11H11Cl2NO2. The van der Waals surface area contributed by atoms with Gasteiger partial charge in [0.2, 0.25) is 0 Å². The van der Waals surface area contributed by atoms with E-state index >= 15 is 0 Å². The van der Waals surface area contributed by atoms with Crippen molar-refractivity contribution in [1.29, 1.82) is 0 Å². The summed E-state index contributed by atoms with van der Waals surface area (Å²) in [4.78, 5) is 11.7. The molecule has 1 atom stereocenters. The first-order valence-corrected chi connectivity index (χ1v) is 5.79. The first-order chi connectivity index (χ1) is 7.65. The molecule has 5 heteroatoms. The summed E-state index contributed by atoms with van der Waals surface area (Å²) in [6.07, 6.45) is 1.34. The number of halogens is 2. The van der Waals surface area contributed by atoms with E-state index in [1.54, 1.807) is 18.2 Å². The van der Waals surface area contributed by atoms with Crippen LogP contribution in [0.25, 0.3) is 0 Å². The SMILES string of the molecule is O=C(Nc1cc(Cl)cc(Cl)c1)[C@@H]1CCCO1. The molecule has 0 unspecified atom stereocenters. The molecule has 2 rings (SSSR count). The number of carbonyl (C=O) groups excluding carboxylic acids is 1. The van der Waals surface area contributed by atoms with Crippen molar-refractivity contribution in [3.63, 3.8) is 0 Å². The van der Waals surface area contributed by atoms with Crippen LogP contribution in [0.1, 0.15) is 12.8 Å². The molecular weight excluding hydrogens is 249 g/mol. The van der Waals surface area contributed by atoms with Gasteiger partial charge in [0.1, 0.15) is 6.10 Å². The summed E-state index contributed by atoms with van der Waals surface area (Å²) >= 11 is 11.7. The van der Waals surface area contributed by atoms with Gasteiger partial charge >= 0.3 is 0 Å². The van der Waals surface area contributed by atoms with Crippen LogP contribution in [0.4, 0.5) is 5.69 Å². The third kappa shape index (κ3) is 2.88. The van der Waals surface area contributed by atoms with Crippen molar-refractivity contribution in [3.8, 4) is 0 Å². The highest BCUT2D eigenvalue weighted by Crippen LogP contribution is 2.23. The zero-order chi connectivity index (χ0) is 11.5. The van der Waals surface area contributed by atoms with Crippen LogP contribution in [-0.2, 0) is 9.53 Å². The molecule has 0 radical (unpaired) electrons. The lowest BCUT2D eigenvalue weighted by Crippen LogP contribution is -2.26. The Morgan fingerprint density at radius 1 is 1.31 bits per heavy atom. The molecule has 1 fully saturated rings. The molecule has 1 N–H and O–H groups in total. The van der Waals surface area contributed by atoms with Crippen LogP contribution in [0.5, 0.6) is 0 Å². The van der Waals surface area contributed by atoms with Crippen molar-refractivity contribution < 1.29 is 9.53 Å². The maximum atomic E-state index is 11.7. The molecule has 1 aromatic carbocycles. The van der Waals surface area contributed by atoms with Crippen molar-refractivity contribution in [3.05, 3.63) is 28.2 Å². The van der Waals surface area contributed by atoms with E-state index in [-0.39, 0.29) is 12.0 Å². The van der Waals surface area contributed by atoms with E-state index in [0.717, 1.165) is 12.8 Å². The number of ether oxygens (including phenoxy) is 1. The molecule has 1 heterocycles. The second-order valence-electron chi connectivity index (χ2n) is 3.65. The second kappa shape index (κ2) is 5.04. The molecule has 0 aliphatic carbocycles. The first kappa shape index (κ1) is 11.7. The number of benzene rings is 1. The van der Waals surface area contributed by atoms with Crippen molar-refractivity contribution in [1.82, 2.24) is 0 Å². The number of rotatable bonds is 2. The maximum Gasteiger partial charge on any atom is 0.253 e. The first-order valence-electron chi connectivity index (χ1n) is 5.04. The van der Waals surface area contributed by atoms with Gasteiger partial charge in [-0.15, -0.1) is 0 Å². The molecule has 0 saturated carbocycles. The van der Waals surface area contributed by atoms with Crippen molar-refractivity contribution >= 4 is 34.8 Å². The number of anilines is 1. The van der Waals surface area contributed by atoms with Crippen LogP contribution in [0, 0.1) is 0 Å². The van der Waals surface area contributed by atoms with E-state index < -0.39 is 0 Å². The lowest BCUT2D eigenvalue weighted by molar-refractivity contribution is -0.124. The van der Waals surface area contributed by atoms with Gasteiger partial charge in [-0.1, -0.05) is 23.2 Å². The van der Waals surface area contributed by atoms with E-state index in [1.165, 1.54) is 0 Å². The van der Waals surface area contributed by atoms with Gasteiger partial charge in [0, 0.05) is 22.3 Å². The van der Waals surface area contributed by atoms with Gasteiger partial charge < -0.3 is 10.1 Å². The molecule has 3 nitrogen and oxygen atoms in total. The highest BCUT2D eigenvalue weighted by molar-refractivity contribution is 6.35. The number of nitrogens with one attached hydrogen (secondary N) is 1. The maximum absolute atomic E-state index is 11.7. The number of carbonyl (C=O) groups is 1.